The molecule has 0 radical (unpaired) electrons. The van der Waals surface area contributed by atoms with Crippen molar-refractivity contribution >= 4 is 16.8 Å². The minimum absolute atomic E-state index is 0.136. The molecule has 0 spiro atoms. The van der Waals surface area contributed by atoms with Crippen molar-refractivity contribution in [2.75, 3.05) is 14.1 Å². The molecule has 0 aliphatic heterocycles. The summed E-state index contributed by atoms with van der Waals surface area (Å²) >= 11 is 0. The topological polar surface area (TPSA) is 37.3 Å². The van der Waals surface area contributed by atoms with Crippen LogP contribution in [0.4, 0.5) is 0 Å². The Labute approximate surface area is 120 Å². The van der Waals surface area contributed by atoms with Crippen LogP contribution in [0.1, 0.15) is 19.4 Å². The van der Waals surface area contributed by atoms with E-state index in [0.717, 1.165) is 12.1 Å². The summed E-state index contributed by atoms with van der Waals surface area (Å²) in [5.41, 5.74) is 2.34. The molecule has 0 fully saturated rings. The number of aromatic nitrogens is 1. The lowest BCUT2D eigenvalue weighted by molar-refractivity contribution is -0.131. The smallest absolute Gasteiger partial charge is 0.242 e. The van der Waals surface area contributed by atoms with E-state index in [1.165, 1.54) is 10.9 Å². The fraction of sp³-hybridized carbons (Fsp3) is 0.438. The molecule has 4 heteroatoms. The molecule has 1 aromatic carbocycles. The Morgan fingerprint density at radius 1 is 1.35 bits per heavy atom. The molecule has 4 nitrogen and oxygen atoms in total. The van der Waals surface area contributed by atoms with Crippen molar-refractivity contribution in [3.8, 4) is 0 Å². The second-order valence-corrected chi connectivity index (χ2v) is 5.43. The predicted molar refractivity (Wildman–Crippen MR) is 82.6 cm³/mol. The van der Waals surface area contributed by atoms with E-state index in [2.05, 4.69) is 23.6 Å². The van der Waals surface area contributed by atoms with Crippen LogP contribution in [0.5, 0.6) is 0 Å². The van der Waals surface area contributed by atoms with Gasteiger partial charge in [-0.2, -0.15) is 0 Å². The lowest BCUT2D eigenvalue weighted by Crippen LogP contribution is -2.35. The Morgan fingerprint density at radius 3 is 2.70 bits per heavy atom. The number of nitrogens with zero attached hydrogens (tertiary/aromatic N) is 2. The molecule has 0 saturated heterocycles. The van der Waals surface area contributed by atoms with E-state index in [0.29, 0.717) is 6.54 Å². The number of nitrogens with one attached hydrogen (secondary N) is 1. The second kappa shape index (κ2) is 6.09. The molecule has 0 unspecified atom stereocenters. The molecule has 2 rings (SSSR count). The van der Waals surface area contributed by atoms with E-state index in [4.69, 9.17) is 0 Å². The fourth-order valence-corrected chi connectivity index (χ4v) is 2.33. The fourth-order valence-electron chi connectivity index (χ4n) is 2.33. The van der Waals surface area contributed by atoms with Gasteiger partial charge in [0.25, 0.3) is 0 Å². The molecule has 0 aliphatic carbocycles. The van der Waals surface area contributed by atoms with Gasteiger partial charge in [-0.3, -0.25) is 4.79 Å². The highest BCUT2D eigenvalue weighted by atomic mass is 16.2. The molecule has 2 aromatic rings. The number of hydrogen-bond acceptors (Lipinski definition) is 2. The molecular weight excluding hydrogens is 250 g/mol. The Bertz CT molecular complexity index is 601. The second-order valence-electron chi connectivity index (χ2n) is 5.43. The van der Waals surface area contributed by atoms with Crippen LogP contribution in [-0.4, -0.2) is 35.5 Å². The van der Waals surface area contributed by atoms with Gasteiger partial charge in [0.05, 0.1) is 0 Å². The minimum atomic E-state index is 0.136. The first-order valence-corrected chi connectivity index (χ1v) is 7.01. The Balaban J connectivity index is 2.32. The third kappa shape index (κ3) is 2.85. The average Bonchev–Trinajstić information content (AvgIpc) is 2.77. The maximum absolute atomic E-state index is 12.3. The lowest BCUT2D eigenvalue weighted by atomic mass is 10.2. The van der Waals surface area contributed by atoms with Crippen LogP contribution in [0, 0.1) is 0 Å². The number of hydrogen-bond donors (Lipinski definition) is 1. The third-order valence-corrected chi connectivity index (χ3v) is 3.71. The SMILES string of the molecule is CNCc1cn(CC(=O)N(C)C(C)C)c2ccccc12. The van der Waals surface area contributed by atoms with Crippen molar-refractivity contribution in [2.45, 2.75) is 33.0 Å². The molecule has 1 heterocycles. The molecule has 0 atom stereocenters. The highest BCUT2D eigenvalue weighted by Crippen LogP contribution is 2.21. The summed E-state index contributed by atoms with van der Waals surface area (Å²) in [5.74, 6) is 0.136. The summed E-state index contributed by atoms with van der Waals surface area (Å²) in [6.07, 6.45) is 2.08. The lowest BCUT2D eigenvalue weighted by Gasteiger charge is -2.21. The van der Waals surface area contributed by atoms with Gasteiger partial charge in [-0.1, -0.05) is 18.2 Å². The maximum atomic E-state index is 12.3. The summed E-state index contributed by atoms with van der Waals surface area (Å²) < 4.78 is 2.04. The maximum Gasteiger partial charge on any atom is 0.242 e. The first-order chi connectivity index (χ1) is 9.54. The van der Waals surface area contributed by atoms with E-state index >= 15 is 0 Å². The van der Waals surface area contributed by atoms with Crippen molar-refractivity contribution < 1.29 is 4.79 Å². The summed E-state index contributed by atoms with van der Waals surface area (Å²) in [7, 11) is 3.79. The molecule has 0 saturated carbocycles. The molecule has 20 heavy (non-hydrogen) atoms. The number of rotatable bonds is 5. The molecule has 108 valence electrons. The number of amides is 1. The summed E-state index contributed by atoms with van der Waals surface area (Å²) in [5, 5.41) is 4.39. The highest BCUT2D eigenvalue weighted by molar-refractivity contribution is 5.86. The van der Waals surface area contributed by atoms with Gasteiger partial charge in [0.1, 0.15) is 6.54 Å². The van der Waals surface area contributed by atoms with Gasteiger partial charge in [0.15, 0.2) is 0 Å². The normalized spacial score (nSPS) is 11.2. The van der Waals surface area contributed by atoms with Crippen molar-refractivity contribution in [3.05, 3.63) is 36.0 Å². The largest absolute Gasteiger partial charge is 0.342 e. The van der Waals surface area contributed by atoms with E-state index in [-0.39, 0.29) is 11.9 Å². The number of benzene rings is 1. The molecule has 0 aliphatic rings. The predicted octanol–water partition coefficient (Wildman–Crippen LogP) is 2.23. The molecule has 1 amide bonds. The van der Waals surface area contributed by atoms with Crippen LogP contribution in [0.15, 0.2) is 30.5 Å². The van der Waals surface area contributed by atoms with Gasteiger partial charge in [-0.25, -0.2) is 0 Å². The van der Waals surface area contributed by atoms with Gasteiger partial charge in [-0.05, 0) is 32.5 Å². The Kier molecular flexibility index (Phi) is 4.45. The van der Waals surface area contributed by atoms with Crippen LogP contribution in [0.3, 0.4) is 0 Å². The zero-order valence-electron chi connectivity index (χ0n) is 12.7. The van der Waals surface area contributed by atoms with E-state index < -0.39 is 0 Å². The molecule has 1 N–H and O–H groups in total. The molecule has 0 bridgehead atoms. The van der Waals surface area contributed by atoms with E-state index in [9.17, 15) is 4.79 Å². The van der Waals surface area contributed by atoms with E-state index in [1.807, 2.05) is 44.6 Å². The van der Waals surface area contributed by atoms with Crippen molar-refractivity contribution in [2.24, 2.45) is 0 Å². The third-order valence-electron chi connectivity index (χ3n) is 3.71. The standard InChI is InChI=1S/C16H23N3O/c1-12(2)18(4)16(20)11-19-10-13(9-17-3)14-7-5-6-8-15(14)19/h5-8,10,12,17H,9,11H2,1-4H3. The van der Waals surface area contributed by atoms with Crippen LogP contribution in [0.25, 0.3) is 10.9 Å². The first kappa shape index (κ1) is 14.6. The van der Waals surface area contributed by atoms with Gasteiger partial charge >= 0.3 is 0 Å². The Morgan fingerprint density at radius 2 is 2.05 bits per heavy atom. The molecular formula is C16H23N3O. The van der Waals surface area contributed by atoms with Gasteiger partial charge in [-0.15, -0.1) is 0 Å². The number of likely N-dealkylation sites (N-methyl/N-ethyl adjacent to an activating group) is 1. The number of para-hydroxylation sites is 1. The Hall–Kier alpha value is -1.81. The summed E-state index contributed by atoms with van der Waals surface area (Å²) in [6, 6.07) is 8.44. The minimum Gasteiger partial charge on any atom is -0.342 e. The van der Waals surface area contributed by atoms with E-state index in [1.54, 1.807) is 4.90 Å². The quantitative estimate of drug-likeness (QED) is 0.907. The van der Waals surface area contributed by atoms with Gasteiger partial charge in [0.2, 0.25) is 5.91 Å². The summed E-state index contributed by atoms with van der Waals surface area (Å²) in [6.45, 7) is 5.25. The van der Waals surface area contributed by atoms with Crippen LogP contribution >= 0.6 is 0 Å². The van der Waals surface area contributed by atoms with Crippen LogP contribution in [-0.2, 0) is 17.9 Å². The van der Waals surface area contributed by atoms with Crippen LogP contribution < -0.4 is 5.32 Å². The van der Waals surface area contributed by atoms with Gasteiger partial charge < -0.3 is 14.8 Å². The molecule has 1 aromatic heterocycles. The number of fused-ring (bicyclic) bond motifs is 1. The average molecular weight is 273 g/mol. The van der Waals surface area contributed by atoms with Gasteiger partial charge in [0, 0.05) is 36.7 Å². The highest BCUT2D eigenvalue weighted by Gasteiger charge is 2.15. The first-order valence-electron chi connectivity index (χ1n) is 7.01. The van der Waals surface area contributed by atoms with Crippen LogP contribution in [0.2, 0.25) is 0 Å². The number of carbonyl (C=O) groups is 1. The zero-order valence-corrected chi connectivity index (χ0v) is 12.7. The van der Waals surface area contributed by atoms with Crippen molar-refractivity contribution in [1.82, 2.24) is 14.8 Å². The zero-order chi connectivity index (χ0) is 14.7. The van der Waals surface area contributed by atoms with Crippen molar-refractivity contribution in [3.63, 3.8) is 0 Å². The monoisotopic (exact) mass is 273 g/mol. The van der Waals surface area contributed by atoms with Crippen molar-refractivity contribution in [1.29, 1.82) is 0 Å². The number of carbonyl (C=O) groups excluding carboxylic acids is 1. The summed E-state index contributed by atoms with van der Waals surface area (Å²) in [4.78, 5) is 14.0.